The van der Waals surface area contributed by atoms with Gasteiger partial charge in [-0.15, -0.1) is 0 Å². The van der Waals surface area contributed by atoms with Crippen LogP contribution in [0.25, 0.3) is 16.9 Å². The third-order valence-electron chi connectivity index (χ3n) is 3.50. The van der Waals surface area contributed by atoms with Crippen LogP contribution < -0.4 is 0 Å². The van der Waals surface area contributed by atoms with Crippen molar-refractivity contribution in [2.75, 3.05) is 0 Å². The monoisotopic (exact) mass is 300 g/mol. The zero-order chi connectivity index (χ0) is 15.0. The molecule has 1 atom stereocenters. The molecular formula is C16H13ClN2O2. The molecule has 0 radical (unpaired) electrons. The zero-order valence-corrected chi connectivity index (χ0v) is 12.1. The predicted octanol–water partition coefficient (Wildman–Crippen LogP) is 3.84. The quantitative estimate of drug-likeness (QED) is 0.799. The molecule has 106 valence electrons. The molecule has 1 N–H and O–H groups in total. The van der Waals surface area contributed by atoms with Crippen LogP contribution in [0, 0.1) is 0 Å². The molecule has 2 heterocycles. The summed E-state index contributed by atoms with van der Waals surface area (Å²) in [4.78, 5) is 15.5. The maximum atomic E-state index is 11.0. The Kier molecular flexibility index (Phi) is 3.39. The highest BCUT2D eigenvalue weighted by molar-refractivity contribution is 6.33. The molecule has 5 heteroatoms. The first-order valence-electron chi connectivity index (χ1n) is 6.52. The van der Waals surface area contributed by atoms with Crippen LogP contribution in [0.4, 0.5) is 0 Å². The lowest BCUT2D eigenvalue weighted by Crippen LogP contribution is -2.07. The zero-order valence-electron chi connectivity index (χ0n) is 11.3. The van der Waals surface area contributed by atoms with Crippen molar-refractivity contribution >= 4 is 23.2 Å². The number of aliphatic carboxylic acids is 1. The molecular weight excluding hydrogens is 288 g/mol. The molecule has 0 aliphatic carbocycles. The Morgan fingerprint density at radius 1 is 1.33 bits per heavy atom. The van der Waals surface area contributed by atoms with Gasteiger partial charge in [0, 0.05) is 18.0 Å². The number of benzene rings is 1. The van der Waals surface area contributed by atoms with Crippen LogP contribution >= 0.6 is 11.6 Å². The number of nitrogens with zero attached hydrogens (tertiary/aromatic N) is 2. The average Bonchev–Trinajstić information content (AvgIpc) is 2.89. The molecule has 3 aromatic rings. The Balaban J connectivity index is 2.04. The fraction of sp³-hybridized carbons (Fsp3) is 0.125. The molecule has 0 aliphatic heterocycles. The summed E-state index contributed by atoms with van der Waals surface area (Å²) in [6, 6.07) is 11.1. The van der Waals surface area contributed by atoms with Crippen molar-refractivity contribution in [3.63, 3.8) is 0 Å². The number of aromatic nitrogens is 2. The number of imidazole rings is 1. The molecule has 0 fully saturated rings. The summed E-state index contributed by atoms with van der Waals surface area (Å²) in [6.07, 6.45) is 3.82. The molecule has 2 aromatic heterocycles. The van der Waals surface area contributed by atoms with Gasteiger partial charge < -0.3 is 9.51 Å². The van der Waals surface area contributed by atoms with E-state index in [0.717, 1.165) is 16.9 Å². The van der Waals surface area contributed by atoms with E-state index in [1.54, 1.807) is 19.1 Å². The van der Waals surface area contributed by atoms with Crippen LogP contribution in [0.5, 0.6) is 0 Å². The first-order valence-corrected chi connectivity index (χ1v) is 6.90. The molecule has 0 spiro atoms. The topological polar surface area (TPSA) is 54.6 Å². The van der Waals surface area contributed by atoms with Crippen molar-refractivity contribution in [3.8, 4) is 11.3 Å². The van der Waals surface area contributed by atoms with Gasteiger partial charge in [0.25, 0.3) is 0 Å². The Bertz CT molecular complexity index is 793. The predicted molar refractivity (Wildman–Crippen MR) is 81.7 cm³/mol. The summed E-state index contributed by atoms with van der Waals surface area (Å²) >= 11 is 6.30. The van der Waals surface area contributed by atoms with E-state index >= 15 is 0 Å². The van der Waals surface area contributed by atoms with Crippen LogP contribution in [-0.4, -0.2) is 20.5 Å². The third kappa shape index (κ3) is 2.50. The summed E-state index contributed by atoms with van der Waals surface area (Å²) < 4.78 is 1.92. The number of fused-ring (bicyclic) bond motifs is 1. The van der Waals surface area contributed by atoms with E-state index in [4.69, 9.17) is 16.7 Å². The number of carbonyl (C=O) groups is 1. The van der Waals surface area contributed by atoms with Crippen LogP contribution in [-0.2, 0) is 4.79 Å². The largest absolute Gasteiger partial charge is 0.481 e. The van der Waals surface area contributed by atoms with Gasteiger partial charge in [0.1, 0.15) is 5.65 Å². The summed E-state index contributed by atoms with van der Waals surface area (Å²) in [7, 11) is 0. The first-order chi connectivity index (χ1) is 10.1. The molecule has 0 bridgehead atoms. The van der Waals surface area contributed by atoms with Gasteiger partial charge in [-0.25, -0.2) is 4.98 Å². The summed E-state index contributed by atoms with van der Waals surface area (Å²) in [5.41, 5.74) is 3.08. The fourth-order valence-electron chi connectivity index (χ4n) is 2.22. The first kappa shape index (κ1) is 13.6. The highest BCUT2D eigenvalue weighted by Gasteiger charge is 2.16. The fourth-order valence-corrected chi connectivity index (χ4v) is 2.50. The standard InChI is InChI=1S/C16H13ClN2O2/c1-10(16(20)21)11-5-6-12(13(17)8-11)14-9-19-7-3-2-4-15(19)18-14/h2-10H,1H3,(H,20,21). The van der Waals surface area contributed by atoms with Crippen LogP contribution in [0.15, 0.2) is 48.8 Å². The molecule has 4 nitrogen and oxygen atoms in total. The third-order valence-corrected chi connectivity index (χ3v) is 3.82. The SMILES string of the molecule is CC(C(=O)O)c1ccc(-c2cn3ccccc3n2)c(Cl)c1. The number of carboxylic acids is 1. The van der Waals surface area contributed by atoms with E-state index < -0.39 is 11.9 Å². The van der Waals surface area contributed by atoms with Gasteiger partial charge >= 0.3 is 5.97 Å². The van der Waals surface area contributed by atoms with Crippen molar-refractivity contribution in [1.29, 1.82) is 0 Å². The molecule has 1 unspecified atom stereocenters. The maximum absolute atomic E-state index is 11.0. The highest BCUT2D eigenvalue weighted by Crippen LogP contribution is 2.30. The lowest BCUT2D eigenvalue weighted by Gasteiger charge is -2.08. The number of carboxylic acid groups (broad SMARTS) is 1. The van der Waals surface area contributed by atoms with Crippen molar-refractivity contribution in [3.05, 3.63) is 59.4 Å². The summed E-state index contributed by atoms with van der Waals surface area (Å²) in [5, 5.41) is 9.55. The second-order valence-corrected chi connectivity index (χ2v) is 5.30. The van der Waals surface area contributed by atoms with Gasteiger partial charge in [0.2, 0.25) is 0 Å². The summed E-state index contributed by atoms with van der Waals surface area (Å²) in [5.74, 6) is -1.45. The minimum atomic E-state index is -0.869. The number of hydrogen-bond donors (Lipinski definition) is 1. The molecule has 0 amide bonds. The van der Waals surface area contributed by atoms with Gasteiger partial charge in [-0.1, -0.05) is 29.8 Å². The van der Waals surface area contributed by atoms with E-state index in [1.807, 2.05) is 41.1 Å². The smallest absolute Gasteiger partial charge is 0.310 e. The van der Waals surface area contributed by atoms with Gasteiger partial charge in [0.15, 0.2) is 0 Å². The van der Waals surface area contributed by atoms with Gasteiger partial charge in [-0.05, 0) is 30.7 Å². The van der Waals surface area contributed by atoms with E-state index in [2.05, 4.69) is 4.98 Å². The average molecular weight is 301 g/mol. The number of rotatable bonds is 3. The lowest BCUT2D eigenvalue weighted by molar-refractivity contribution is -0.138. The highest BCUT2D eigenvalue weighted by atomic mass is 35.5. The van der Waals surface area contributed by atoms with Gasteiger partial charge in [-0.2, -0.15) is 0 Å². The normalized spacial score (nSPS) is 12.5. The van der Waals surface area contributed by atoms with E-state index in [1.165, 1.54) is 0 Å². The van der Waals surface area contributed by atoms with E-state index in [9.17, 15) is 4.79 Å². The molecule has 3 rings (SSSR count). The van der Waals surface area contributed by atoms with E-state index in [-0.39, 0.29) is 0 Å². The number of hydrogen-bond acceptors (Lipinski definition) is 2. The van der Waals surface area contributed by atoms with E-state index in [0.29, 0.717) is 10.6 Å². The van der Waals surface area contributed by atoms with Crippen LogP contribution in [0.2, 0.25) is 5.02 Å². The molecule has 0 saturated carbocycles. The Labute approximate surface area is 126 Å². The van der Waals surface area contributed by atoms with Gasteiger partial charge in [-0.3, -0.25) is 4.79 Å². The lowest BCUT2D eigenvalue weighted by atomic mass is 9.99. The van der Waals surface area contributed by atoms with Crippen molar-refractivity contribution in [1.82, 2.24) is 9.38 Å². The van der Waals surface area contributed by atoms with Crippen molar-refractivity contribution in [2.24, 2.45) is 0 Å². The second kappa shape index (κ2) is 5.22. The molecule has 21 heavy (non-hydrogen) atoms. The maximum Gasteiger partial charge on any atom is 0.310 e. The minimum Gasteiger partial charge on any atom is -0.481 e. The molecule has 1 aromatic carbocycles. The van der Waals surface area contributed by atoms with Gasteiger partial charge in [0.05, 0.1) is 16.6 Å². The minimum absolute atomic E-state index is 0.504. The summed E-state index contributed by atoms with van der Waals surface area (Å²) in [6.45, 7) is 1.64. The number of pyridine rings is 1. The van der Waals surface area contributed by atoms with Crippen molar-refractivity contribution in [2.45, 2.75) is 12.8 Å². The Morgan fingerprint density at radius 2 is 2.14 bits per heavy atom. The van der Waals surface area contributed by atoms with Crippen molar-refractivity contribution < 1.29 is 9.90 Å². The Hall–Kier alpha value is -2.33. The Morgan fingerprint density at radius 3 is 2.81 bits per heavy atom. The van der Waals surface area contributed by atoms with Crippen LogP contribution in [0.3, 0.4) is 0 Å². The van der Waals surface area contributed by atoms with Crippen LogP contribution in [0.1, 0.15) is 18.4 Å². The number of halogens is 1. The second-order valence-electron chi connectivity index (χ2n) is 4.89. The molecule has 0 aliphatic rings. The molecule has 0 saturated heterocycles.